The van der Waals surface area contributed by atoms with Gasteiger partial charge in [0.05, 0.1) is 5.92 Å². The summed E-state index contributed by atoms with van der Waals surface area (Å²) in [6.07, 6.45) is 11.1. The number of allylic oxidation sites excluding steroid dienone is 7. The molecule has 3 nitrogen and oxygen atoms in total. The molecule has 0 saturated heterocycles. The van der Waals surface area contributed by atoms with Gasteiger partial charge in [0, 0.05) is 11.8 Å². The summed E-state index contributed by atoms with van der Waals surface area (Å²) < 4.78 is 6.13. The van der Waals surface area contributed by atoms with Gasteiger partial charge in [0.15, 0.2) is 0 Å². The van der Waals surface area contributed by atoms with Gasteiger partial charge in [-0.25, -0.2) is 0 Å². The molecular formula is C22H20O3. The molecule has 1 aromatic heterocycles. The molecule has 2 aliphatic carbocycles. The zero-order chi connectivity index (χ0) is 17.6. The Morgan fingerprint density at radius 1 is 1.08 bits per heavy atom. The van der Waals surface area contributed by atoms with Crippen molar-refractivity contribution >= 4 is 22.5 Å². The van der Waals surface area contributed by atoms with E-state index in [1.54, 1.807) is 6.08 Å². The van der Waals surface area contributed by atoms with E-state index in [1.165, 1.54) is 11.1 Å². The first kappa shape index (κ1) is 15.7. The summed E-state index contributed by atoms with van der Waals surface area (Å²) in [7, 11) is 0. The second-order valence-corrected chi connectivity index (χ2v) is 6.84. The van der Waals surface area contributed by atoms with Crippen LogP contribution in [0.3, 0.4) is 0 Å². The normalized spacial score (nSPS) is 19.8. The molecule has 1 atom stereocenters. The van der Waals surface area contributed by atoms with Crippen LogP contribution >= 0.6 is 0 Å². The van der Waals surface area contributed by atoms with Crippen molar-refractivity contribution in [3.8, 4) is 0 Å². The van der Waals surface area contributed by atoms with Gasteiger partial charge >= 0.3 is 5.97 Å². The van der Waals surface area contributed by atoms with Crippen molar-refractivity contribution in [2.24, 2.45) is 5.92 Å². The lowest BCUT2D eigenvalue weighted by Gasteiger charge is -2.16. The lowest BCUT2D eigenvalue weighted by atomic mass is 9.88. The van der Waals surface area contributed by atoms with Crippen molar-refractivity contribution in [3.63, 3.8) is 0 Å². The molecule has 126 valence electrons. The topological polar surface area (TPSA) is 50.4 Å². The van der Waals surface area contributed by atoms with Gasteiger partial charge < -0.3 is 9.52 Å². The van der Waals surface area contributed by atoms with Crippen LogP contribution in [0.5, 0.6) is 0 Å². The Balaban J connectivity index is 1.57. The summed E-state index contributed by atoms with van der Waals surface area (Å²) in [5, 5.41) is 10.4. The first-order valence-electron chi connectivity index (χ1n) is 8.53. The quantitative estimate of drug-likeness (QED) is 0.824. The van der Waals surface area contributed by atoms with Gasteiger partial charge in [0.1, 0.15) is 11.3 Å². The van der Waals surface area contributed by atoms with Crippen LogP contribution < -0.4 is 0 Å². The number of aryl methyl sites for hydroxylation is 2. The highest BCUT2D eigenvalue weighted by atomic mass is 16.4. The Morgan fingerprint density at radius 2 is 1.84 bits per heavy atom. The summed E-state index contributed by atoms with van der Waals surface area (Å²) in [4.78, 5) is 11.2. The van der Waals surface area contributed by atoms with E-state index in [4.69, 9.17) is 4.42 Å². The summed E-state index contributed by atoms with van der Waals surface area (Å²) in [5.41, 5.74) is 6.74. The fraction of sp³-hybridized carbons (Fsp3) is 0.227. The summed E-state index contributed by atoms with van der Waals surface area (Å²) >= 11 is 0. The highest BCUT2D eigenvalue weighted by Crippen LogP contribution is 2.38. The number of furan rings is 1. The van der Waals surface area contributed by atoms with E-state index < -0.39 is 11.9 Å². The maximum Gasteiger partial charge on any atom is 0.310 e. The molecule has 0 bridgehead atoms. The molecule has 2 aromatic rings. The monoisotopic (exact) mass is 332 g/mol. The van der Waals surface area contributed by atoms with Crippen LogP contribution in [0.15, 0.2) is 64.1 Å². The van der Waals surface area contributed by atoms with Crippen LogP contribution in [0, 0.1) is 19.8 Å². The Kier molecular flexibility index (Phi) is 3.72. The van der Waals surface area contributed by atoms with Gasteiger partial charge in [-0.3, -0.25) is 4.79 Å². The number of hydrogen-bond acceptors (Lipinski definition) is 2. The molecule has 3 heteroatoms. The molecule has 25 heavy (non-hydrogen) atoms. The van der Waals surface area contributed by atoms with Crippen LogP contribution in [0.4, 0.5) is 0 Å². The predicted molar refractivity (Wildman–Crippen MR) is 99.3 cm³/mol. The molecule has 4 rings (SSSR count). The Labute approximate surface area is 146 Å². The maximum atomic E-state index is 11.2. The minimum Gasteiger partial charge on any atom is -0.481 e. The maximum absolute atomic E-state index is 11.2. The molecule has 0 spiro atoms. The largest absolute Gasteiger partial charge is 0.481 e. The SMILES string of the molecule is Cc1ccc(C)c2oc(C3=CC=C(C4=CC=CC(C(=O)O)C4)C3)cc12. The number of fused-ring (bicyclic) bond motifs is 1. The van der Waals surface area contributed by atoms with E-state index in [0.29, 0.717) is 6.42 Å². The van der Waals surface area contributed by atoms with Gasteiger partial charge in [0.2, 0.25) is 0 Å². The van der Waals surface area contributed by atoms with Crippen molar-refractivity contribution in [3.05, 3.63) is 76.6 Å². The van der Waals surface area contributed by atoms with E-state index in [-0.39, 0.29) is 0 Å². The lowest BCUT2D eigenvalue weighted by molar-refractivity contribution is -0.140. The number of carboxylic acids is 1. The first-order chi connectivity index (χ1) is 12.0. The van der Waals surface area contributed by atoms with Crippen LogP contribution in [-0.2, 0) is 4.79 Å². The number of carbonyl (C=O) groups is 1. The van der Waals surface area contributed by atoms with E-state index in [2.05, 4.69) is 44.2 Å². The number of aliphatic carboxylic acids is 1. The number of benzene rings is 1. The molecule has 0 saturated carbocycles. The second-order valence-electron chi connectivity index (χ2n) is 6.84. The third-order valence-electron chi connectivity index (χ3n) is 5.09. The molecule has 0 aliphatic heterocycles. The third-order valence-corrected chi connectivity index (χ3v) is 5.09. The van der Waals surface area contributed by atoms with Crippen molar-refractivity contribution in [2.45, 2.75) is 26.7 Å². The zero-order valence-corrected chi connectivity index (χ0v) is 14.4. The average molecular weight is 332 g/mol. The Hall–Kier alpha value is -2.81. The van der Waals surface area contributed by atoms with Gasteiger partial charge in [-0.15, -0.1) is 0 Å². The molecule has 0 fully saturated rings. The average Bonchev–Trinajstić information content (AvgIpc) is 3.25. The molecule has 2 aliphatic rings. The zero-order valence-electron chi connectivity index (χ0n) is 14.4. The standard InChI is InChI=1S/C22H20O3/c1-13-6-7-14(2)21-19(13)12-20(25-21)17-9-8-16(10-17)15-4-3-5-18(11-15)22(23)24/h3-9,12,18H,10-11H2,1-2H3,(H,23,24). The van der Waals surface area contributed by atoms with E-state index in [0.717, 1.165) is 39.9 Å². The van der Waals surface area contributed by atoms with Crippen molar-refractivity contribution in [1.29, 1.82) is 0 Å². The van der Waals surface area contributed by atoms with Crippen molar-refractivity contribution < 1.29 is 14.3 Å². The Bertz CT molecular complexity index is 957. The van der Waals surface area contributed by atoms with Crippen LogP contribution in [0.25, 0.3) is 16.5 Å². The smallest absolute Gasteiger partial charge is 0.310 e. The van der Waals surface area contributed by atoms with E-state index >= 15 is 0 Å². The molecular weight excluding hydrogens is 312 g/mol. The van der Waals surface area contributed by atoms with Crippen LogP contribution in [-0.4, -0.2) is 11.1 Å². The highest BCUT2D eigenvalue weighted by Gasteiger charge is 2.23. The molecule has 1 N–H and O–H groups in total. The Morgan fingerprint density at radius 3 is 2.60 bits per heavy atom. The van der Waals surface area contributed by atoms with Gasteiger partial charge in [-0.05, 0) is 54.2 Å². The second kappa shape index (κ2) is 5.92. The molecule has 0 amide bonds. The highest BCUT2D eigenvalue weighted by molar-refractivity contribution is 5.88. The third kappa shape index (κ3) is 2.76. The minimum atomic E-state index is -0.767. The van der Waals surface area contributed by atoms with Gasteiger partial charge in [0.25, 0.3) is 0 Å². The number of carboxylic acid groups (broad SMARTS) is 1. The molecule has 1 unspecified atom stereocenters. The molecule has 1 heterocycles. The van der Waals surface area contributed by atoms with E-state index in [1.807, 2.05) is 12.2 Å². The van der Waals surface area contributed by atoms with Crippen LogP contribution in [0.2, 0.25) is 0 Å². The minimum absolute atomic E-state index is 0.429. The first-order valence-corrected chi connectivity index (χ1v) is 8.53. The number of rotatable bonds is 3. The summed E-state index contributed by atoms with van der Waals surface area (Å²) in [6.45, 7) is 4.16. The summed E-state index contributed by atoms with van der Waals surface area (Å²) in [6, 6.07) is 6.33. The molecule has 0 radical (unpaired) electrons. The fourth-order valence-electron chi connectivity index (χ4n) is 3.55. The van der Waals surface area contributed by atoms with Gasteiger partial charge in [-0.1, -0.05) is 42.5 Å². The van der Waals surface area contributed by atoms with E-state index in [9.17, 15) is 9.90 Å². The number of hydrogen-bond donors (Lipinski definition) is 1. The molecule has 1 aromatic carbocycles. The lowest BCUT2D eigenvalue weighted by Crippen LogP contribution is -2.14. The summed E-state index contributed by atoms with van der Waals surface area (Å²) in [5.74, 6) is -0.293. The fourth-order valence-corrected chi connectivity index (χ4v) is 3.55. The van der Waals surface area contributed by atoms with Crippen LogP contribution in [0.1, 0.15) is 29.7 Å². The van der Waals surface area contributed by atoms with Crippen molar-refractivity contribution in [1.82, 2.24) is 0 Å². The predicted octanol–water partition coefficient (Wildman–Crippen LogP) is 5.35. The van der Waals surface area contributed by atoms with Crippen molar-refractivity contribution in [2.75, 3.05) is 0 Å². The van der Waals surface area contributed by atoms with Gasteiger partial charge in [-0.2, -0.15) is 0 Å².